The van der Waals surface area contributed by atoms with Crippen LogP contribution < -0.4 is 0 Å². The molecule has 0 spiro atoms. The molecule has 0 bridgehead atoms. The fourth-order valence-corrected chi connectivity index (χ4v) is 1.70. The van der Waals surface area contributed by atoms with Crippen molar-refractivity contribution in [1.29, 1.82) is 0 Å². The van der Waals surface area contributed by atoms with Gasteiger partial charge in [0.2, 0.25) is 0 Å². The predicted molar refractivity (Wildman–Crippen MR) is 50.1 cm³/mol. The summed E-state index contributed by atoms with van der Waals surface area (Å²) < 4.78 is 13.4. The topological polar surface area (TPSA) is 20.3 Å². The lowest BCUT2D eigenvalue weighted by molar-refractivity contribution is -0.138. The van der Waals surface area contributed by atoms with Crippen LogP contribution in [0.1, 0.15) is 33.6 Å². The molecule has 2 nitrogen and oxygen atoms in total. The minimum absolute atomic E-state index is 0.208. The first kappa shape index (κ1) is 10.5. The third-order valence-corrected chi connectivity index (χ3v) is 2.66. The highest BCUT2D eigenvalue weighted by atomic mass is 19.1. The molecule has 1 heterocycles. The number of hydrogen-bond donors (Lipinski definition) is 0. The number of amides is 1. The highest BCUT2D eigenvalue weighted by molar-refractivity contribution is 5.81. The maximum atomic E-state index is 13.4. The van der Waals surface area contributed by atoms with Crippen molar-refractivity contribution < 1.29 is 9.18 Å². The summed E-state index contributed by atoms with van der Waals surface area (Å²) in [6, 6.07) is 0.226. The molecule has 1 saturated heterocycles. The second kappa shape index (κ2) is 4.07. The number of carbonyl (C=O) groups is 1. The molecular weight excluding hydrogens is 169 g/mol. The van der Waals surface area contributed by atoms with Gasteiger partial charge in [-0.15, -0.1) is 0 Å². The molecule has 76 valence electrons. The first-order chi connectivity index (χ1) is 6.04. The Hall–Kier alpha value is -0.600. The van der Waals surface area contributed by atoms with Gasteiger partial charge in [0.1, 0.15) is 0 Å². The summed E-state index contributed by atoms with van der Waals surface area (Å²) in [6.07, 6.45) is 0.703. The fourth-order valence-electron chi connectivity index (χ4n) is 1.70. The van der Waals surface area contributed by atoms with E-state index in [9.17, 15) is 9.18 Å². The van der Waals surface area contributed by atoms with Crippen molar-refractivity contribution in [1.82, 2.24) is 4.90 Å². The number of rotatable bonds is 2. The largest absolute Gasteiger partial charge is 0.337 e. The first-order valence-electron chi connectivity index (χ1n) is 4.98. The summed E-state index contributed by atoms with van der Waals surface area (Å²) in [7, 11) is 0. The Bertz CT molecular complexity index is 193. The highest BCUT2D eigenvalue weighted by Gasteiger charge is 2.31. The monoisotopic (exact) mass is 187 g/mol. The fraction of sp³-hybridized carbons (Fsp3) is 0.900. The van der Waals surface area contributed by atoms with Gasteiger partial charge in [0.05, 0.1) is 0 Å². The molecule has 1 amide bonds. The van der Waals surface area contributed by atoms with E-state index in [2.05, 4.69) is 0 Å². The van der Waals surface area contributed by atoms with E-state index < -0.39 is 6.17 Å². The molecule has 1 rings (SSSR count). The van der Waals surface area contributed by atoms with Gasteiger partial charge in [0.15, 0.2) is 6.17 Å². The van der Waals surface area contributed by atoms with Gasteiger partial charge in [-0.2, -0.15) is 0 Å². The Labute approximate surface area is 79.1 Å². The van der Waals surface area contributed by atoms with Crippen LogP contribution in [0.3, 0.4) is 0 Å². The smallest absolute Gasteiger partial charge is 0.257 e. The molecule has 0 aromatic carbocycles. The zero-order valence-electron chi connectivity index (χ0n) is 8.59. The lowest BCUT2D eigenvalue weighted by Gasteiger charge is -2.24. The van der Waals surface area contributed by atoms with Crippen molar-refractivity contribution in [3.8, 4) is 0 Å². The Morgan fingerprint density at radius 3 is 2.54 bits per heavy atom. The molecule has 0 aromatic rings. The van der Waals surface area contributed by atoms with Crippen molar-refractivity contribution in [2.75, 3.05) is 6.54 Å². The predicted octanol–water partition coefficient (Wildman–Crippen LogP) is 1.99. The Morgan fingerprint density at radius 1 is 1.54 bits per heavy atom. The molecular formula is C10H18FNO. The summed E-state index contributed by atoms with van der Waals surface area (Å²) in [5.74, 6) is -0.528. The molecule has 0 saturated carbocycles. The molecule has 0 radical (unpaired) electrons. The van der Waals surface area contributed by atoms with E-state index in [0.717, 1.165) is 19.4 Å². The lowest BCUT2D eigenvalue weighted by atomic mass is 10.1. The minimum Gasteiger partial charge on any atom is -0.337 e. The number of halogens is 1. The minimum atomic E-state index is -1.32. The maximum absolute atomic E-state index is 13.4. The first-order valence-corrected chi connectivity index (χ1v) is 4.98. The summed E-state index contributed by atoms with van der Waals surface area (Å²) in [5, 5.41) is 0. The van der Waals surface area contributed by atoms with Crippen LogP contribution >= 0.6 is 0 Å². The SMILES string of the molecule is CC(C)C(F)C(=O)N1CCCC1C. The second-order valence-electron chi connectivity index (χ2n) is 4.17. The Morgan fingerprint density at radius 2 is 2.15 bits per heavy atom. The summed E-state index contributed by atoms with van der Waals surface area (Å²) in [6.45, 7) is 6.19. The molecule has 0 N–H and O–H groups in total. The second-order valence-corrected chi connectivity index (χ2v) is 4.17. The number of carbonyl (C=O) groups excluding carboxylic acids is 1. The van der Waals surface area contributed by atoms with Crippen LogP contribution in [0.2, 0.25) is 0 Å². The van der Waals surface area contributed by atoms with E-state index in [1.807, 2.05) is 6.92 Å². The Balaban J connectivity index is 2.56. The number of hydrogen-bond acceptors (Lipinski definition) is 1. The van der Waals surface area contributed by atoms with E-state index in [0.29, 0.717) is 0 Å². The molecule has 3 heteroatoms. The quantitative estimate of drug-likeness (QED) is 0.647. The van der Waals surface area contributed by atoms with Gasteiger partial charge in [-0.25, -0.2) is 4.39 Å². The van der Waals surface area contributed by atoms with Crippen LogP contribution in [0, 0.1) is 5.92 Å². The van der Waals surface area contributed by atoms with Crippen molar-refractivity contribution in [3.63, 3.8) is 0 Å². The number of alkyl halides is 1. The van der Waals surface area contributed by atoms with E-state index >= 15 is 0 Å². The molecule has 2 atom stereocenters. The molecule has 1 fully saturated rings. The number of nitrogens with zero attached hydrogens (tertiary/aromatic N) is 1. The van der Waals surface area contributed by atoms with Crippen molar-refractivity contribution in [2.24, 2.45) is 5.92 Å². The van der Waals surface area contributed by atoms with E-state index in [-0.39, 0.29) is 17.9 Å². The summed E-state index contributed by atoms with van der Waals surface area (Å²) in [5.41, 5.74) is 0. The molecule has 1 aliphatic heterocycles. The Kier molecular flexibility index (Phi) is 3.28. The average molecular weight is 187 g/mol. The normalized spacial score (nSPS) is 25.3. The van der Waals surface area contributed by atoms with Gasteiger partial charge >= 0.3 is 0 Å². The molecule has 13 heavy (non-hydrogen) atoms. The van der Waals surface area contributed by atoms with Crippen molar-refractivity contribution in [2.45, 2.75) is 45.8 Å². The van der Waals surface area contributed by atoms with Gasteiger partial charge in [-0.3, -0.25) is 4.79 Å². The molecule has 0 aliphatic carbocycles. The van der Waals surface area contributed by atoms with Crippen LogP contribution in [-0.4, -0.2) is 29.6 Å². The zero-order valence-corrected chi connectivity index (χ0v) is 8.59. The zero-order chi connectivity index (χ0) is 10.0. The van der Waals surface area contributed by atoms with Crippen LogP contribution in [0.5, 0.6) is 0 Å². The van der Waals surface area contributed by atoms with Crippen molar-refractivity contribution in [3.05, 3.63) is 0 Å². The van der Waals surface area contributed by atoms with Gasteiger partial charge in [0.25, 0.3) is 5.91 Å². The van der Waals surface area contributed by atoms with Crippen LogP contribution in [0.4, 0.5) is 4.39 Å². The third kappa shape index (κ3) is 2.20. The molecule has 2 unspecified atom stereocenters. The van der Waals surface area contributed by atoms with Gasteiger partial charge in [-0.1, -0.05) is 13.8 Å². The van der Waals surface area contributed by atoms with E-state index in [1.165, 1.54) is 0 Å². The van der Waals surface area contributed by atoms with Crippen LogP contribution in [0.25, 0.3) is 0 Å². The van der Waals surface area contributed by atoms with Gasteiger partial charge in [-0.05, 0) is 25.7 Å². The standard InChI is InChI=1S/C10H18FNO/c1-7(2)9(11)10(13)12-6-4-5-8(12)3/h7-9H,4-6H2,1-3H3. The molecule has 0 aromatic heterocycles. The van der Waals surface area contributed by atoms with Crippen LogP contribution in [0.15, 0.2) is 0 Å². The van der Waals surface area contributed by atoms with E-state index in [1.54, 1.807) is 18.7 Å². The van der Waals surface area contributed by atoms with Gasteiger partial charge < -0.3 is 4.90 Å². The lowest BCUT2D eigenvalue weighted by Crippen LogP contribution is -2.41. The third-order valence-electron chi connectivity index (χ3n) is 2.66. The summed E-state index contributed by atoms with van der Waals surface area (Å²) in [4.78, 5) is 13.2. The molecule has 1 aliphatic rings. The summed E-state index contributed by atoms with van der Waals surface area (Å²) >= 11 is 0. The number of likely N-dealkylation sites (tertiary alicyclic amines) is 1. The van der Waals surface area contributed by atoms with Gasteiger partial charge in [0, 0.05) is 12.6 Å². The van der Waals surface area contributed by atoms with Crippen molar-refractivity contribution >= 4 is 5.91 Å². The maximum Gasteiger partial charge on any atom is 0.257 e. The average Bonchev–Trinajstić information content (AvgIpc) is 2.48. The highest BCUT2D eigenvalue weighted by Crippen LogP contribution is 2.20. The van der Waals surface area contributed by atoms with E-state index in [4.69, 9.17) is 0 Å². The van der Waals surface area contributed by atoms with Crippen LogP contribution in [-0.2, 0) is 4.79 Å².